The minimum Gasteiger partial charge on any atom is -0.353 e. The maximum Gasteiger partial charge on any atom is 0.240 e. The topological polar surface area (TPSA) is 67.1 Å². The molecule has 0 heterocycles. The SMILES string of the molecule is CCN[C@H](C)CNC(=O)C1(N)CCCCC1. The van der Waals surface area contributed by atoms with Crippen LogP contribution in [0.25, 0.3) is 0 Å². The second-order valence-electron chi connectivity index (χ2n) is 4.89. The van der Waals surface area contributed by atoms with Gasteiger partial charge in [0.2, 0.25) is 5.91 Å². The highest BCUT2D eigenvalue weighted by Crippen LogP contribution is 2.25. The van der Waals surface area contributed by atoms with Crippen molar-refractivity contribution in [1.29, 1.82) is 0 Å². The number of nitrogens with two attached hydrogens (primary N) is 1. The summed E-state index contributed by atoms with van der Waals surface area (Å²) in [6, 6.07) is 0.307. The highest BCUT2D eigenvalue weighted by Gasteiger charge is 2.34. The molecule has 16 heavy (non-hydrogen) atoms. The molecule has 1 amide bonds. The molecule has 0 spiro atoms. The molecule has 4 heteroatoms. The summed E-state index contributed by atoms with van der Waals surface area (Å²) < 4.78 is 0. The lowest BCUT2D eigenvalue weighted by molar-refractivity contribution is -0.127. The third kappa shape index (κ3) is 3.76. The molecule has 1 aliphatic rings. The van der Waals surface area contributed by atoms with Crippen LogP contribution in [0.5, 0.6) is 0 Å². The molecule has 0 aromatic heterocycles. The van der Waals surface area contributed by atoms with E-state index in [-0.39, 0.29) is 5.91 Å². The molecular formula is C12H25N3O. The smallest absolute Gasteiger partial charge is 0.240 e. The zero-order valence-electron chi connectivity index (χ0n) is 10.5. The van der Waals surface area contributed by atoms with Crippen molar-refractivity contribution in [3.63, 3.8) is 0 Å². The summed E-state index contributed by atoms with van der Waals surface area (Å²) in [5.74, 6) is 0.0250. The summed E-state index contributed by atoms with van der Waals surface area (Å²) in [6.45, 7) is 5.70. The molecule has 0 aliphatic heterocycles. The fourth-order valence-corrected chi connectivity index (χ4v) is 2.25. The molecule has 4 nitrogen and oxygen atoms in total. The number of hydrogen-bond acceptors (Lipinski definition) is 3. The lowest BCUT2D eigenvalue weighted by Gasteiger charge is -2.32. The quantitative estimate of drug-likeness (QED) is 0.649. The van der Waals surface area contributed by atoms with Gasteiger partial charge >= 0.3 is 0 Å². The minimum atomic E-state index is -0.607. The van der Waals surface area contributed by atoms with Gasteiger partial charge in [-0.05, 0) is 26.3 Å². The normalized spacial score (nSPS) is 21.4. The Kier molecular flexibility index (Phi) is 5.22. The molecule has 1 rings (SSSR count). The third-order valence-electron chi connectivity index (χ3n) is 3.32. The first kappa shape index (κ1) is 13.5. The standard InChI is InChI=1S/C12H25N3O/c1-3-14-10(2)9-15-11(16)12(13)7-5-4-6-8-12/h10,14H,3-9,13H2,1-2H3,(H,15,16)/t10-/m1/s1. The van der Waals surface area contributed by atoms with Gasteiger partial charge in [-0.1, -0.05) is 26.2 Å². The van der Waals surface area contributed by atoms with Crippen LogP contribution < -0.4 is 16.4 Å². The number of nitrogens with one attached hydrogen (secondary N) is 2. The zero-order valence-corrected chi connectivity index (χ0v) is 10.5. The minimum absolute atomic E-state index is 0.0250. The summed E-state index contributed by atoms with van der Waals surface area (Å²) in [5, 5.41) is 6.21. The van der Waals surface area contributed by atoms with Crippen molar-refractivity contribution in [2.75, 3.05) is 13.1 Å². The van der Waals surface area contributed by atoms with Crippen LogP contribution in [0.4, 0.5) is 0 Å². The van der Waals surface area contributed by atoms with Crippen LogP contribution in [0.2, 0.25) is 0 Å². The first-order valence-corrected chi connectivity index (χ1v) is 6.39. The van der Waals surface area contributed by atoms with Gasteiger partial charge in [-0.25, -0.2) is 0 Å². The van der Waals surface area contributed by atoms with E-state index in [4.69, 9.17) is 5.73 Å². The monoisotopic (exact) mass is 227 g/mol. The van der Waals surface area contributed by atoms with Crippen molar-refractivity contribution in [1.82, 2.24) is 10.6 Å². The van der Waals surface area contributed by atoms with E-state index < -0.39 is 5.54 Å². The Morgan fingerprint density at radius 2 is 2.00 bits per heavy atom. The molecular weight excluding hydrogens is 202 g/mol. The summed E-state index contributed by atoms with van der Waals surface area (Å²) >= 11 is 0. The largest absolute Gasteiger partial charge is 0.353 e. The van der Waals surface area contributed by atoms with Crippen molar-refractivity contribution in [2.45, 2.75) is 57.5 Å². The van der Waals surface area contributed by atoms with E-state index >= 15 is 0 Å². The van der Waals surface area contributed by atoms with E-state index in [1.165, 1.54) is 6.42 Å². The Bertz CT molecular complexity index is 224. The zero-order chi connectivity index (χ0) is 12.0. The van der Waals surface area contributed by atoms with Crippen molar-refractivity contribution in [3.05, 3.63) is 0 Å². The number of amides is 1. The molecule has 0 aromatic carbocycles. The lowest BCUT2D eigenvalue weighted by Crippen LogP contribution is -2.56. The second-order valence-corrected chi connectivity index (χ2v) is 4.89. The number of hydrogen-bond donors (Lipinski definition) is 3. The first-order chi connectivity index (χ1) is 7.58. The Morgan fingerprint density at radius 3 is 2.56 bits per heavy atom. The van der Waals surface area contributed by atoms with E-state index in [0.29, 0.717) is 12.6 Å². The number of likely N-dealkylation sites (N-methyl/N-ethyl adjacent to an activating group) is 1. The van der Waals surface area contributed by atoms with E-state index in [0.717, 1.165) is 32.2 Å². The molecule has 1 aliphatic carbocycles. The van der Waals surface area contributed by atoms with Crippen LogP contribution in [0.15, 0.2) is 0 Å². The van der Waals surface area contributed by atoms with E-state index in [1.54, 1.807) is 0 Å². The Labute approximate surface area is 98.3 Å². The van der Waals surface area contributed by atoms with Crippen LogP contribution in [0, 0.1) is 0 Å². The van der Waals surface area contributed by atoms with Crippen LogP contribution >= 0.6 is 0 Å². The molecule has 0 unspecified atom stereocenters. The molecule has 0 saturated heterocycles. The maximum absolute atomic E-state index is 12.0. The molecule has 4 N–H and O–H groups in total. The Balaban J connectivity index is 2.33. The van der Waals surface area contributed by atoms with Crippen LogP contribution in [-0.2, 0) is 4.79 Å². The third-order valence-corrected chi connectivity index (χ3v) is 3.32. The van der Waals surface area contributed by atoms with Gasteiger partial charge < -0.3 is 16.4 Å². The first-order valence-electron chi connectivity index (χ1n) is 6.39. The van der Waals surface area contributed by atoms with Crippen LogP contribution in [0.1, 0.15) is 46.0 Å². The molecule has 1 fully saturated rings. The van der Waals surface area contributed by atoms with E-state index in [9.17, 15) is 4.79 Å². The highest BCUT2D eigenvalue weighted by atomic mass is 16.2. The molecule has 1 atom stereocenters. The van der Waals surface area contributed by atoms with Gasteiger partial charge in [0.25, 0.3) is 0 Å². The fourth-order valence-electron chi connectivity index (χ4n) is 2.25. The lowest BCUT2D eigenvalue weighted by atomic mass is 9.82. The summed E-state index contributed by atoms with van der Waals surface area (Å²) in [5.41, 5.74) is 5.52. The van der Waals surface area contributed by atoms with Crippen LogP contribution in [0.3, 0.4) is 0 Å². The van der Waals surface area contributed by atoms with Gasteiger partial charge in [-0.15, -0.1) is 0 Å². The molecule has 0 bridgehead atoms. The van der Waals surface area contributed by atoms with Crippen molar-refractivity contribution >= 4 is 5.91 Å². The average Bonchev–Trinajstić information content (AvgIpc) is 2.27. The highest BCUT2D eigenvalue weighted by molar-refractivity contribution is 5.86. The van der Waals surface area contributed by atoms with Gasteiger partial charge in [-0.2, -0.15) is 0 Å². The summed E-state index contributed by atoms with van der Waals surface area (Å²) in [6.07, 6.45) is 5.02. The van der Waals surface area contributed by atoms with Crippen molar-refractivity contribution < 1.29 is 4.79 Å². The summed E-state index contributed by atoms with van der Waals surface area (Å²) in [7, 11) is 0. The van der Waals surface area contributed by atoms with Crippen molar-refractivity contribution in [2.24, 2.45) is 5.73 Å². The Hall–Kier alpha value is -0.610. The second kappa shape index (κ2) is 6.21. The Morgan fingerprint density at radius 1 is 1.38 bits per heavy atom. The van der Waals surface area contributed by atoms with Gasteiger partial charge in [0.1, 0.15) is 0 Å². The average molecular weight is 227 g/mol. The van der Waals surface area contributed by atoms with Gasteiger partial charge in [0.15, 0.2) is 0 Å². The van der Waals surface area contributed by atoms with Crippen LogP contribution in [-0.4, -0.2) is 30.6 Å². The predicted molar refractivity (Wildman–Crippen MR) is 66.2 cm³/mol. The number of rotatable bonds is 5. The molecule has 0 radical (unpaired) electrons. The van der Waals surface area contributed by atoms with E-state index in [1.807, 2.05) is 0 Å². The van der Waals surface area contributed by atoms with Crippen molar-refractivity contribution in [3.8, 4) is 0 Å². The van der Waals surface area contributed by atoms with E-state index in [2.05, 4.69) is 24.5 Å². The maximum atomic E-state index is 12.0. The number of carbonyl (C=O) groups excluding carboxylic acids is 1. The van der Waals surface area contributed by atoms with Gasteiger partial charge in [-0.3, -0.25) is 4.79 Å². The summed E-state index contributed by atoms with van der Waals surface area (Å²) in [4.78, 5) is 12.0. The number of carbonyl (C=O) groups is 1. The molecule has 94 valence electrons. The molecule has 1 saturated carbocycles. The fraction of sp³-hybridized carbons (Fsp3) is 0.917. The predicted octanol–water partition coefficient (Wildman–Crippen LogP) is 0.762. The van der Waals surface area contributed by atoms with Gasteiger partial charge in [0.05, 0.1) is 5.54 Å². The van der Waals surface area contributed by atoms with Gasteiger partial charge in [0, 0.05) is 12.6 Å². The molecule has 0 aromatic rings.